The van der Waals surface area contributed by atoms with Gasteiger partial charge in [0.05, 0.1) is 40.5 Å². The first-order valence-electron chi connectivity index (χ1n) is 10.8. The van der Waals surface area contributed by atoms with Gasteiger partial charge in [-0.05, 0) is 64.0 Å². The van der Waals surface area contributed by atoms with Crippen LogP contribution < -0.4 is 14.4 Å². The van der Waals surface area contributed by atoms with E-state index in [0.29, 0.717) is 27.4 Å². The van der Waals surface area contributed by atoms with Gasteiger partial charge in [-0.1, -0.05) is 35.1 Å². The Kier molecular flexibility index (Phi) is 6.57. The predicted molar refractivity (Wildman–Crippen MR) is 145 cm³/mol. The zero-order valence-electron chi connectivity index (χ0n) is 19.4. The number of hydrogen-bond acceptors (Lipinski definition) is 8. The van der Waals surface area contributed by atoms with Gasteiger partial charge in [-0.15, -0.1) is 0 Å². The molecule has 0 bridgehead atoms. The highest BCUT2D eigenvalue weighted by Crippen LogP contribution is 2.47. The number of fused-ring (bicyclic) bond motifs is 1. The van der Waals surface area contributed by atoms with Gasteiger partial charge in [-0.25, -0.2) is 4.98 Å². The summed E-state index contributed by atoms with van der Waals surface area (Å²) in [6.45, 7) is 0. The summed E-state index contributed by atoms with van der Waals surface area (Å²) >= 11 is 10.6. The Balaban J connectivity index is 1.77. The van der Waals surface area contributed by atoms with E-state index in [1.54, 1.807) is 48.5 Å². The number of phenols is 1. The summed E-state index contributed by atoms with van der Waals surface area (Å²) in [6, 6.07) is 13.6. The van der Waals surface area contributed by atoms with Crippen molar-refractivity contribution in [3.05, 3.63) is 80.8 Å². The predicted octanol–water partition coefficient (Wildman–Crippen LogP) is 6.06. The van der Waals surface area contributed by atoms with Crippen LogP contribution in [0.25, 0.3) is 16.0 Å². The number of ether oxygens (including phenoxy) is 2. The minimum absolute atomic E-state index is 0.118. The number of rotatable bonds is 5. The quantitative estimate of drug-likeness (QED) is 0.163. The number of anilines is 1. The fourth-order valence-electron chi connectivity index (χ4n) is 4.17. The summed E-state index contributed by atoms with van der Waals surface area (Å²) in [6.07, 6.45) is 0. The first kappa shape index (κ1) is 25.1. The van der Waals surface area contributed by atoms with Gasteiger partial charge < -0.3 is 19.7 Å². The van der Waals surface area contributed by atoms with E-state index >= 15 is 0 Å². The number of aliphatic hydroxyl groups excluding tert-OH is 1. The molecule has 1 aliphatic rings. The highest BCUT2D eigenvalue weighted by Gasteiger charge is 2.48. The Morgan fingerprint density at radius 3 is 2.62 bits per heavy atom. The fourth-order valence-corrected chi connectivity index (χ4v) is 5.90. The Morgan fingerprint density at radius 1 is 1.11 bits per heavy atom. The van der Waals surface area contributed by atoms with E-state index in [4.69, 9.17) is 21.1 Å². The molecule has 1 saturated heterocycles. The smallest absolute Gasteiger partial charge is 0.301 e. The van der Waals surface area contributed by atoms with E-state index in [0.717, 1.165) is 4.70 Å². The summed E-state index contributed by atoms with van der Waals surface area (Å²) in [4.78, 5) is 32.7. The van der Waals surface area contributed by atoms with Crippen LogP contribution in [0.4, 0.5) is 5.13 Å². The molecule has 2 N–H and O–H groups in total. The number of aliphatic hydroxyl groups is 1. The van der Waals surface area contributed by atoms with Crippen LogP contribution in [0.2, 0.25) is 5.02 Å². The highest BCUT2D eigenvalue weighted by atomic mass is 79.9. The molecule has 11 heteroatoms. The monoisotopic (exact) mass is 600 g/mol. The number of methoxy groups -OCH3 is 2. The molecule has 37 heavy (non-hydrogen) atoms. The molecule has 1 aliphatic heterocycles. The Hall–Kier alpha value is -3.60. The van der Waals surface area contributed by atoms with Crippen molar-refractivity contribution in [3.63, 3.8) is 0 Å². The lowest BCUT2D eigenvalue weighted by Gasteiger charge is -2.24. The first-order chi connectivity index (χ1) is 17.7. The van der Waals surface area contributed by atoms with Crippen molar-refractivity contribution in [1.82, 2.24) is 4.98 Å². The number of ketones is 1. The molecule has 8 nitrogen and oxygen atoms in total. The molecule has 2 heterocycles. The molecule has 0 saturated carbocycles. The number of thiazole rings is 1. The number of hydrogen-bond donors (Lipinski definition) is 2. The third-order valence-corrected chi connectivity index (χ3v) is 7.78. The topological polar surface area (TPSA) is 109 Å². The van der Waals surface area contributed by atoms with Gasteiger partial charge in [0.1, 0.15) is 11.5 Å². The standard InChI is InChI=1S/C26H18BrClN2O6S/c1-35-15-5-3-4-12(8-15)22(31)20-21(13-9-16(27)23(32)18(10-13)36-2)30(25(34)24(20)33)26-29-17-7-6-14(28)11-19(17)37-26/h3-11,21,31-32H,1-2H3/b22-20+. The minimum Gasteiger partial charge on any atom is -0.507 e. The van der Waals surface area contributed by atoms with Crippen molar-refractivity contribution in [2.45, 2.75) is 6.04 Å². The Bertz CT molecular complexity index is 1620. The minimum atomic E-state index is -1.08. The van der Waals surface area contributed by atoms with Gasteiger partial charge in [0.2, 0.25) is 0 Å². The number of benzene rings is 3. The lowest BCUT2D eigenvalue weighted by Crippen LogP contribution is -2.29. The molecular formula is C26H18BrClN2O6S. The Morgan fingerprint density at radius 2 is 1.89 bits per heavy atom. The molecular weight excluding hydrogens is 584 g/mol. The molecule has 0 radical (unpaired) electrons. The zero-order chi connectivity index (χ0) is 26.4. The van der Waals surface area contributed by atoms with Crippen LogP contribution >= 0.6 is 38.9 Å². The maximum Gasteiger partial charge on any atom is 0.301 e. The van der Waals surface area contributed by atoms with Crippen molar-refractivity contribution in [3.8, 4) is 17.2 Å². The van der Waals surface area contributed by atoms with E-state index < -0.39 is 17.7 Å². The van der Waals surface area contributed by atoms with Crippen molar-refractivity contribution in [2.75, 3.05) is 19.1 Å². The number of amides is 1. The molecule has 0 aliphatic carbocycles. The summed E-state index contributed by atoms with van der Waals surface area (Å²) in [5, 5.41) is 22.5. The summed E-state index contributed by atoms with van der Waals surface area (Å²) in [7, 11) is 2.87. The molecule has 5 rings (SSSR count). The van der Waals surface area contributed by atoms with E-state index in [1.165, 1.54) is 36.5 Å². The maximum absolute atomic E-state index is 13.5. The molecule has 3 aromatic carbocycles. The molecule has 1 aromatic heterocycles. The molecule has 1 fully saturated rings. The number of halogens is 2. The lowest BCUT2D eigenvalue weighted by atomic mass is 9.95. The van der Waals surface area contributed by atoms with E-state index in [2.05, 4.69) is 20.9 Å². The summed E-state index contributed by atoms with van der Waals surface area (Å²) in [5.41, 5.74) is 1.16. The second kappa shape index (κ2) is 9.70. The molecule has 1 amide bonds. The largest absolute Gasteiger partial charge is 0.507 e. The van der Waals surface area contributed by atoms with Crippen LogP contribution in [-0.4, -0.2) is 41.1 Å². The van der Waals surface area contributed by atoms with Gasteiger partial charge in [0, 0.05) is 10.6 Å². The molecule has 1 atom stereocenters. The molecule has 0 spiro atoms. The van der Waals surface area contributed by atoms with Gasteiger partial charge in [-0.3, -0.25) is 14.5 Å². The fraction of sp³-hybridized carbons (Fsp3) is 0.115. The Labute approximate surface area is 228 Å². The molecule has 188 valence electrons. The van der Waals surface area contributed by atoms with E-state index in [-0.39, 0.29) is 32.4 Å². The van der Waals surface area contributed by atoms with Gasteiger partial charge >= 0.3 is 5.91 Å². The second-order valence-electron chi connectivity index (χ2n) is 8.06. The van der Waals surface area contributed by atoms with Crippen LogP contribution in [0.1, 0.15) is 17.2 Å². The van der Waals surface area contributed by atoms with Crippen LogP contribution in [0, 0.1) is 0 Å². The van der Waals surface area contributed by atoms with Crippen LogP contribution in [0.5, 0.6) is 17.2 Å². The van der Waals surface area contributed by atoms with Crippen LogP contribution in [0.15, 0.2) is 64.6 Å². The number of aromatic hydroxyl groups is 1. The van der Waals surface area contributed by atoms with Crippen molar-refractivity contribution >= 4 is 71.7 Å². The average Bonchev–Trinajstić information content (AvgIpc) is 3.42. The van der Waals surface area contributed by atoms with Crippen molar-refractivity contribution in [2.24, 2.45) is 0 Å². The normalized spacial score (nSPS) is 17.0. The van der Waals surface area contributed by atoms with Gasteiger partial charge in [0.15, 0.2) is 16.6 Å². The van der Waals surface area contributed by atoms with Crippen molar-refractivity contribution < 1.29 is 29.3 Å². The first-order valence-corrected chi connectivity index (χ1v) is 12.8. The van der Waals surface area contributed by atoms with E-state index in [9.17, 15) is 19.8 Å². The number of carbonyl (C=O) groups is 2. The highest BCUT2D eigenvalue weighted by molar-refractivity contribution is 9.10. The number of nitrogens with zero attached hydrogens (tertiary/aromatic N) is 2. The van der Waals surface area contributed by atoms with Crippen molar-refractivity contribution in [1.29, 1.82) is 0 Å². The second-order valence-corrected chi connectivity index (χ2v) is 10.4. The van der Waals surface area contributed by atoms with E-state index in [1.807, 2.05) is 0 Å². The van der Waals surface area contributed by atoms with Gasteiger partial charge in [0.25, 0.3) is 5.78 Å². The number of phenolic OH excluding ortho intramolecular Hbond substituents is 1. The molecule has 4 aromatic rings. The average molecular weight is 602 g/mol. The number of carbonyl (C=O) groups excluding carboxylic acids is 2. The van der Waals surface area contributed by atoms with Gasteiger partial charge in [-0.2, -0.15) is 0 Å². The molecule has 1 unspecified atom stereocenters. The summed E-state index contributed by atoms with van der Waals surface area (Å²) in [5.74, 6) is -1.68. The SMILES string of the molecule is COc1cccc(/C(O)=C2\C(=O)C(=O)N(c3nc4ccc(Cl)cc4s3)C2c2cc(Br)c(O)c(OC)c2)c1. The lowest BCUT2D eigenvalue weighted by molar-refractivity contribution is -0.132. The number of aromatic nitrogens is 1. The third-order valence-electron chi connectivity index (χ3n) is 5.92. The zero-order valence-corrected chi connectivity index (χ0v) is 22.5. The number of Topliss-reactive ketones (excluding diaryl/α,β-unsaturated/α-hetero) is 1. The maximum atomic E-state index is 13.5. The summed E-state index contributed by atoms with van der Waals surface area (Å²) < 4.78 is 11.6. The van der Waals surface area contributed by atoms with Crippen LogP contribution in [-0.2, 0) is 9.59 Å². The third kappa shape index (κ3) is 4.30. The van der Waals surface area contributed by atoms with Crippen LogP contribution in [0.3, 0.4) is 0 Å².